The maximum absolute atomic E-state index is 14.8. The summed E-state index contributed by atoms with van der Waals surface area (Å²) in [6, 6.07) is 14.4. The predicted molar refractivity (Wildman–Crippen MR) is 143 cm³/mol. The van der Waals surface area contributed by atoms with Gasteiger partial charge in [-0.3, -0.25) is 4.52 Å². The van der Waals surface area contributed by atoms with E-state index in [1.165, 1.54) is 18.1 Å². The van der Waals surface area contributed by atoms with Gasteiger partial charge in [0.15, 0.2) is 11.8 Å². The van der Waals surface area contributed by atoms with E-state index in [0.29, 0.717) is 6.42 Å². The van der Waals surface area contributed by atoms with Crippen molar-refractivity contribution in [3.63, 3.8) is 0 Å². The van der Waals surface area contributed by atoms with Gasteiger partial charge in [-0.05, 0) is 75.3 Å². The number of nitrogens with zero attached hydrogens (tertiary/aromatic N) is 1. The van der Waals surface area contributed by atoms with Gasteiger partial charge in [0, 0.05) is 17.5 Å². The number of aliphatic hydroxyl groups excluding tert-OH is 1. The normalized spacial score (nSPS) is 16.8. The van der Waals surface area contributed by atoms with E-state index in [-0.39, 0.29) is 6.42 Å². The van der Waals surface area contributed by atoms with Crippen molar-refractivity contribution in [2.45, 2.75) is 84.1 Å². The first-order valence-corrected chi connectivity index (χ1v) is 14.3. The molecule has 0 amide bonds. The van der Waals surface area contributed by atoms with Crippen molar-refractivity contribution >= 4 is 23.9 Å². The highest BCUT2D eigenvalue weighted by atomic mass is 31.1. The minimum Gasteiger partial charge on any atom is -0.393 e. The van der Waals surface area contributed by atoms with Crippen molar-refractivity contribution in [3.05, 3.63) is 70.9 Å². The molecule has 0 aliphatic heterocycles. The number of aromatic nitrogens is 1. The lowest BCUT2D eigenvalue weighted by molar-refractivity contribution is -0.441. The molecule has 3 unspecified atom stereocenters. The van der Waals surface area contributed by atoms with Crippen LogP contribution in [0.3, 0.4) is 0 Å². The second-order valence-electron chi connectivity index (χ2n) is 10.6. The smallest absolute Gasteiger partial charge is 0.393 e. The van der Waals surface area contributed by atoms with E-state index in [1.807, 2.05) is 42.4 Å². The SMILES string of the molecule is CCCC(CC(C)O)(Op1c2cc(C)ccc2c2c3c(c(-c4ccc(C)cc4)c[n+]21)CCC3)C(F)(F)F. The molecule has 3 nitrogen and oxygen atoms in total. The number of hydrogen-bond donors (Lipinski definition) is 1. The molecule has 0 saturated carbocycles. The summed E-state index contributed by atoms with van der Waals surface area (Å²) in [5.41, 5.74) is 5.37. The lowest BCUT2D eigenvalue weighted by Gasteiger charge is -2.34. The van der Waals surface area contributed by atoms with E-state index in [9.17, 15) is 18.3 Å². The molecule has 1 aliphatic carbocycles. The van der Waals surface area contributed by atoms with Crippen LogP contribution < -0.4 is 8.69 Å². The second kappa shape index (κ2) is 9.72. The minimum absolute atomic E-state index is 0.201. The third-order valence-electron chi connectivity index (χ3n) is 7.54. The van der Waals surface area contributed by atoms with Crippen molar-refractivity contribution in [1.82, 2.24) is 0 Å². The molecule has 4 aromatic rings. The van der Waals surface area contributed by atoms with Gasteiger partial charge in [-0.1, -0.05) is 49.2 Å². The zero-order valence-electron chi connectivity index (χ0n) is 21.8. The average Bonchev–Trinajstić information content (AvgIpc) is 3.41. The van der Waals surface area contributed by atoms with Gasteiger partial charge in [0.2, 0.25) is 5.52 Å². The van der Waals surface area contributed by atoms with Gasteiger partial charge in [0.05, 0.1) is 16.6 Å². The van der Waals surface area contributed by atoms with Gasteiger partial charge in [-0.15, -0.1) is 4.16 Å². The number of hydrogen-bond acceptors (Lipinski definition) is 2. The van der Waals surface area contributed by atoms with E-state index in [2.05, 4.69) is 24.3 Å². The topological polar surface area (TPSA) is 33.6 Å². The van der Waals surface area contributed by atoms with Gasteiger partial charge < -0.3 is 5.11 Å². The molecule has 0 saturated heterocycles. The van der Waals surface area contributed by atoms with Crippen LogP contribution >= 0.6 is 7.92 Å². The van der Waals surface area contributed by atoms with Crippen LogP contribution in [0, 0.1) is 13.8 Å². The predicted octanol–water partition coefficient (Wildman–Crippen LogP) is 7.64. The third kappa shape index (κ3) is 4.58. The molecule has 0 radical (unpaired) electrons. The van der Waals surface area contributed by atoms with Gasteiger partial charge in [0.1, 0.15) is 0 Å². The first kappa shape index (κ1) is 26.2. The minimum atomic E-state index is -4.62. The van der Waals surface area contributed by atoms with Crippen molar-refractivity contribution in [3.8, 4) is 11.1 Å². The number of aryl methyl sites for hydroxylation is 3. The van der Waals surface area contributed by atoms with E-state index in [0.717, 1.165) is 57.5 Å². The highest BCUT2D eigenvalue weighted by Crippen LogP contribution is 2.48. The number of halogens is 3. The molecule has 0 bridgehead atoms. The summed E-state index contributed by atoms with van der Waals surface area (Å²) in [4.78, 5) is 0. The van der Waals surface area contributed by atoms with Crippen LogP contribution in [0.25, 0.3) is 27.1 Å². The van der Waals surface area contributed by atoms with Crippen LogP contribution in [0.15, 0.2) is 48.7 Å². The van der Waals surface area contributed by atoms with Crippen molar-refractivity contribution in [1.29, 1.82) is 0 Å². The van der Waals surface area contributed by atoms with Gasteiger partial charge in [0.25, 0.3) is 7.92 Å². The van der Waals surface area contributed by atoms with Gasteiger partial charge in [-0.25, -0.2) is 0 Å². The Hall–Kier alpha value is -2.40. The molecule has 1 aliphatic rings. The molecule has 0 spiro atoms. The molecule has 7 heteroatoms. The summed E-state index contributed by atoms with van der Waals surface area (Å²) < 4.78 is 52.7. The zero-order chi connectivity index (χ0) is 26.5. The number of pyridine rings is 1. The van der Waals surface area contributed by atoms with Crippen LogP contribution in [0.5, 0.6) is 0 Å². The summed E-state index contributed by atoms with van der Waals surface area (Å²) in [6.45, 7) is 7.14. The Kier molecular flexibility index (Phi) is 6.89. The fourth-order valence-electron chi connectivity index (χ4n) is 5.87. The zero-order valence-corrected chi connectivity index (χ0v) is 22.7. The Labute approximate surface area is 217 Å². The molecule has 2 aromatic carbocycles. The van der Waals surface area contributed by atoms with Crippen LogP contribution in [0.2, 0.25) is 0 Å². The monoisotopic (exact) mass is 528 g/mol. The lowest BCUT2D eigenvalue weighted by Crippen LogP contribution is -2.52. The quantitative estimate of drug-likeness (QED) is 0.268. The molecule has 196 valence electrons. The van der Waals surface area contributed by atoms with Gasteiger partial charge >= 0.3 is 6.18 Å². The number of aliphatic hydroxyl groups is 1. The van der Waals surface area contributed by atoms with Crippen LogP contribution in [0.4, 0.5) is 13.2 Å². The third-order valence-corrected chi connectivity index (χ3v) is 9.55. The molecule has 3 atom stereocenters. The first-order valence-electron chi connectivity index (χ1n) is 13.1. The van der Waals surface area contributed by atoms with E-state index in [4.69, 9.17) is 4.52 Å². The first-order chi connectivity index (χ1) is 17.5. The van der Waals surface area contributed by atoms with Crippen molar-refractivity contribution in [2.24, 2.45) is 0 Å². The summed E-state index contributed by atoms with van der Waals surface area (Å²) in [7, 11) is -1.82. The fraction of sp³-hybridized carbons (Fsp3) is 0.433. The highest BCUT2D eigenvalue weighted by Gasteiger charge is 2.58. The average molecular weight is 529 g/mol. The Morgan fingerprint density at radius 2 is 1.70 bits per heavy atom. The molecule has 0 fully saturated rings. The summed E-state index contributed by atoms with van der Waals surface area (Å²) in [6.07, 6.45) is -1.25. The number of alkyl halides is 3. The standard InChI is InChI=1S/C30H34F3NO2P/c1-5-15-29(17-21(4)35,30(31,32)33)36-37-27-16-20(3)11-14-25(27)28-24-8-6-7-23(24)26(18-34(28)37)22-12-9-19(2)10-13-22/h9-14,16,18,21,35H,5-8,15,17H2,1-4H3/q+1. The molecular formula is C30H34F3NO2P+. The van der Waals surface area contributed by atoms with Crippen molar-refractivity contribution in [2.75, 3.05) is 0 Å². The molecule has 2 heterocycles. The molecule has 2 aromatic heterocycles. The summed E-state index contributed by atoms with van der Waals surface area (Å²) in [5.74, 6) is 0. The van der Waals surface area contributed by atoms with Crippen LogP contribution in [-0.4, -0.2) is 23.0 Å². The molecule has 5 rings (SSSR count). The maximum atomic E-state index is 14.8. The largest absolute Gasteiger partial charge is 0.418 e. The second-order valence-corrected chi connectivity index (χ2v) is 12.2. The number of rotatable bonds is 7. The van der Waals surface area contributed by atoms with Gasteiger partial charge in [-0.2, -0.15) is 13.2 Å². The Bertz CT molecular complexity index is 1460. The number of fused-ring (bicyclic) bond motifs is 5. The fourth-order valence-corrected chi connectivity index (χ4v) is 8.22. The van der Waals surface area contributed by atoms with E-state index >= 15 is 0 Å². The molecular weight excluding hydrogens is 494 g/mol. The van der Waals surface area contributed by atoms with Crippen LogP contribution in [0.1, 0.15) is 61.8 Å². The molecule has 1 N–H and O–H groups in total. The van der Waals surface area contributed by atoms with Crippen molar-refractivity contribution < 1.29 is 27.0 Å². The highest BCUT2D eigenvalue weighted by molar-refractivity contribution is 7.44. The lowest BCUT2D eigenvalue weighted by atomic mass is 9.91. The van der Waals surface area contributed by atoms with E-state index in [1.54, 1.807) is 6.92 Å². The summed E-state index contributed by atoms with van der Waals surface area (Å²) >= 11 is 0. The maximum Gasteiger partial charge on any atom is 0.418 e. The number of benzene rings is 2. The Morgan fingerprint density at radius 3 is 2.35 bits per heavy atom. The Morgan fingerprint density at radius 1 is 1.03 bits per heavy atom. The van der Waals surface area contributed by atoms with Crippen LogP contribution in [-0.2, 0) is 12.8 Å². The molecule has 37 heavy (non-hydrogen) atoms. The summed E-state index contributed by atoms with van der Waals surface area (Å²) in [5, 5.41) is 11.9. The Balaban J connectivity index is 1.84. The van der Waals surface area contributed by atoms with E-state index < -0.39 is 32.2 Å².